The lowest BCUT2D eigenvalue weighted by atomic mass is 9.97. The van der Waals surface area contributed by atoms with Crippen LogP contribution in [-0.4, -0.2) is 22.2 Å². The van der Waals surface area contributed by atoms with Gasteiger partial charge in [0.2, 0.25) is 0 Å². The number of nitriles is 1. The highest BCUT2D eigenvalue weighted by Gasteiger charge is 2.20. The minimum Gasteiger partial charge on any atom is -0.389 e. The van der Waals surface area contributed by atoms with Gasteiger partial charge in [0.05, 0.1) is 5.60 Å². The van der Waals surface area contributed by atoms with E-state index < -0.39 is 5.60 Å². The van der Waals surface area contributed by atoms with Crippen molar-refractivity contribution >= 4 is 0 Å². The zero-order chi connectivity index (χ0) is 12.7. The Kier molecular flexibility index (Phi) is 5.08. The van der Waals surface area contributed by atoms with E-state index in [9.17, 15) is 5.11 Å². The minimum absolute atomic E-state index is 0.422. The molecule has 92 valence electrons. The highest BCUT2D eigenvalue weighted by atomic mass is 16.3. The second-order valence-corrected chi connectivity index (χ2v) is 4.20. The molecular formula is C13H19N3O. The fourth-order valence-corrected chi connectivity index (χ4v) is 1.58. The van der Waals surface area contributed by atoms with Crippen molar-refractivity contribution in [1.82, 2.24) is 10.3 Å². The fourth-order valence-electron chi connectivity index (χ4n) is 1.58. The quantitative estimate of drug-likeness (QED) is 0.783. The molecule has 0 spiro atoms. The van der Waals surface area contributed by atoms with Gasteiger partial charge in [-0.1, -0.05) is 13.8 Å². The molecule has 0 saturated carbocycles. The van der Waals surface area contributed by atoms with Crippen LogP contribution in [0.3, 0.4) is 0 Å². The van der Waals surface area contributed by atoms with Gasteiger partial charge in [0.25, 0.3) is 0 Å². The van der Waals surface area contributed by atoms with Crippen LogP contribution in [0.25, 0.3) is 0 Å². The minimum atomic E-state index is -0.634. The third kappa shape index (κ3) is 4.14. The summed E-state index contributed by atoms with van der Waals surface area (Å²) in [6, 6.07) is 5.63. The maximum atomic E-state index is 10.1. The van der Waals surface area contributed by atoms with Crippen LogP contribution in [0.2, 0.25) is 0 Å². The van der Waals surface area contributed by atoms with Crippen molar-refractivity contribution < 1.29 is 5.11 Å². The molecule has 2 N–H and O–H groups in total. The van der Waals surface area contributed by atoms with Gasteiger partial charge in [0.15, 0.2) is 0 Å². The van der Waals surface area contributed by atoms with E-state index >= 15 is 0 Å². The summed E-state index contributed by atoms with van der Waals surface area (Å²) in [5.74, 6) is 0. The molecular weight excluding hydrogens is 214 g/mol. The molecule has 1 aromatic heterocycles. The van der Waals surface area contributed by atoms with E-state index in [0.717, 1.165) is 18.4 Å². The number of pyridine rings is 1. The van der Waals surface area contributed by atoms with Crippen molar-refractivity contribution in [2.24, 2.45) is 0 Å². The van der Waals surface area contributed by atoms with Crippen LogP contribution in [0.1, 0.15) is 37.9 Å². The zero-order valence-corrected chi connectivity index (χ0v) is 10.4. The van der Waals surface area contributed by atoms with Gasteiger partial charge in [-0.3, -0.25) is 0 Å². The van der Waals surface area contributed by atoms with Gasteiger partial charge < -0.3 is 10.4 Å². The third-order valence-electron chi connectivity index (χ3n) is 3.04. The second-order valence-electron chi connectivity index (χ2n) is 4.20. The van der Waals surface area contributed by atoms with E-state index in [0.29, 0.717) is 18.8 Å². The summed E-state index contributed by atoms with van der Waals surface area (Å²) in [5.41, 5.74) is 0.794. The van der Waals surface area contributed by atoms with Gasteiger partial charge in [-0.25, -0.2) is 4.98 Å². The van der Waals surface area contributed by atoms with Crippen LogP contribution in [0, 0.1) is 11.3 Å². The first-order valence-corrected chi connectivity index (χ1v) is 5.91. The van der Waals surface area contributed by atoms with Crippen LogP contribution in [0.5, 0.6) is 0 Å². The van der Waals surface area contributed by atoms with E-state index in [4.69, 9.17) is 5.26 Å². The normalized spacial score (nSPS) is 11.2. The summed E-state index contributed by atoms with van der Waals surface area (Å²) in [6.45, 7) is 5.15. The van der Waals surface area contributed by atoms with Crippen molar-refractivity contribution in [3.8, 4) is 6.07 Å². The molecule has 17 heavy (non-hydrogen) atoms. The maximum absolute atomic E-state index is 10.1. The van der Waals surface area contributed by atoms with Crippen molar-refractivity contribution in [1.29, 1.82) is 5.26 Å². The van der Waals surface area contributed by atoms with Crippen molar-refractivity contribution in [3.63, 3.8) is 0 Å². The smallest absolute Gasteiger partial charge is 0.140 e. The first-order valence-electron chi connectivity index (χ1n) is 5.91. The van der Waals surface area contributed by atoms with E-state index in [1.165, 1.54) is 0 Å². The molecule has 0 atom stereocenters. The number of hydrogen-bond donors (Lipinski definition) is 2. The highest BCUT2D eigenvalue weighted by molar-refractivity contribution is 5.25. The summed E-state index contributed by atoms with van der Waals surface area (Å²) in [7, 11) is 0. The Labute approximate surface area is 102 Å². The Bertz CT molecular complexity index is 394. The predicted octanol–water partition coefficient (Wildman–Crippen LogP) is 1.59. The SMILES string of the molecule is CCC(O)(CC)CNCc1ccnc(C#N)c1. The van der Waals surface area contributed by atoms with Crippen LogP contribution in [0.4, 0.5) is 0 Å². The zero-order valence-electron chi connectivity index (χ0n) is 10.4. The molecule has 0 aromatic carbocycles. The van der Waals surface area contributed by atoms with Gasteiger partial charge in [-0.15, -0.1) is 0 Å². The van der Waals surface area contributed by atoms with E-state index in [2.05, 4.69) is 10.3 Å². The van der Waals surface area contributed by atoms with Gasteiger partial charge in [-0.2, -0.15) is 5.26 Å². The van der Waals surface area contributed by atoms with Crippen molar-refractivity contribution in [2.75, 3.05) is 6.54 Å². The van der Waals surface area contributed by atoms with Crippen LogP contribution >= 0.6 is 0 Å². The lowest BCUT2D eigenvalue weighted by Gasteiger charge is -2.25. The van der Waals surface area contributed by atoms with Crippen LogP contribution in [-0.2, 0) is 6.54 Å². The number of aromatic nitrogens is 1. The number of rotatable bonds is 6. The molecule has 0 amide bonds. The Hall–Kier alpha value is -1.44. The molecule has 4 nitrogen and oxygen atoms in total. The lowest BCUT2D eigenvalue weighted by Crippen LogP contribution is -2.39. The first kappa shape index (κ1) is 13.6. The summed E-state index contributed by atoms with van der Waals surface area (Å²) in [5, 5.41) is 22.0. The number of nitrogens with zero attached hydrogens (tertiary/aromatic N) is 2. The molecule has 0 aliphatic heterocycles. The van der Waals surface area contributed by atoms with E-state index in [1.807, 2.05) is 26.0 Å². The van der Waals surface area contributed by atoms with Crippen molar-refractivity contribution in [3.05, 3.63) is 29.6 Å². The van der Waals surface area contributed by atoms with E-state index in [-0.39, 0.29) is 0 Å². The van der Waals surface area contributed by atoms with Gasteiger partial charge in [0, 0.05) is 19.3 Å². The van der Waals surface area contributed by atoms with Gasteiger partial charge in [-0.05, 0) is 30.5 Å². The molecule has 0 fully saturated rings. The van der Waals surface area contributed by atoms with Crippen molar-refractivity contribution in [2.45, 2.75) is 38.8 Å². The average molecular weight is 233 g/mol. The molecule has 0 saturated heterocycles. The van der Waals surface area contributed by atoms with E-state index in [1.54, 1.807) is 12.3 Å². The predicted molar refractivity (Wildman–Crippen MR) is 66.2 cm³/mol. The summed E-state index contributed by atoms with van der Waals surface area (Å²) < 4.78 is 0. The van der Waals surface area contributed by atoms with Crippen LogP contribution in [0.15, 0.2) is 18.3 Å². The van der Waals surface area contributed by atoms with Gasteiger partial charge >= 0.3 is 0 Å². The second kappa shape index (κ2) is 6.33. The lowest BCUT2D eigenvalue weighted by molar-refractivity contribution is 0.0323. The monoisotopic (exact) mass is 233 g/mol. The number of nitrogens with one attached hydrogen (secondary N) is 1. The molecule has 4 heteroatoms. The average Bonchev–Trinajstić information content (AvgIpc) is 2.39. The molecule has 1 rings (SSSR count). The molecule has 0 radical (unpaired) electrons. The van der Waals surface area contributed by atoms with Gasteiger partial charge in [0.1, 0.15) is 11.8 Å². The standard InChI is InChI=1S/C13H19N3O/c1-3-13(17,4-2)10-15-9-11-5-6-16-12(7-11)8-14/h5-7,15,17H,3-4,9-10H2,1-2H3. The molecule has 1 heterocycles. The van der Waals surface area contributed by atoms with Crippen LogP contribution < -0.4 is 5.32 Å². The largest absolute Gasteiger partial charge is 0.389 e. The fraction of sp³-hybridized carbons (Fsp3) is 0.538. The number of aliphatic hydroxyl groups is 1. The molecule has 0 bridgehead atoms. The topological polar surface area (TPSA) is 68.9 Å². The Morgan fingerprint density at radius 2 is 2.18 bits per heavy atom. The Morgan fingerprint density at radius 3 is 2.76 bits per heavy atom. The highest BCUT2D eigenvalue weighted by Crippen LogP contribution is 2.13. The molecule has 0 aliphatic rings. The number of hydrogen-bond acceptors (Lipinski definition) is 4. The Morgan fingerprint density at radius 1 is 1.47 bits per heavy atom. The molecule has 1 aromatic rings. The Balaban J connectivity index is 2.48. The molecule has 0 aliphatic carbocycles. The first-order chi connectivity index (χ1) is 8.13. The molecule has 0 unspecified atom stereocenters. The summed E-state index contributed by atoms with van der Waals surface area (Å²) in [6.07, 6.45) is 3.09. The third-order valence-corrected chi connectivity index (χ3v) is 3.04. The maximum Gasteiger partial charge on any atom is 0.140 e. The summed E-state index contributed by atoms with van der Waals surface area (Å²) >= 11 is 0. The summed E-state index contributed by atoms with van der Waals surface area (Å²) in [4.78, 5) is 3.91.